The van der Waals surface area contributed by atoms with Crippen molar-refractivity contribution in [2.75, 3.05) is 14.2 Å². The molecule has 0 bridgehead atoms. The maximum Gasteiger partial charge on any atom is 0.322 e. The number of nitrogens with zero attached hydrogens (tertiary/aromatic N) is 4. The lowest BCUT2D eigenvalue weighted by atomic mass is 10.1. The molecule has 0 N–H and O–H groups in total. The maximum absolute atomic E-state index is 5.07. The molecule has 0 unspecified atom stereocenters. The number of fused-ring (bicyclic) bond motifs is 1. The van der Waals surface area contributed by atoms with Gasteiger partial charge >= 0.3 is 12.0 Å². The van der Waals surface area contributed by atoms with E-state index in [1.54, 1.807) is 6.20 Å². The molecular formula is C14H12N4O2. The van der Waals surface area contributed by atoms with Crippen LogP contribution >= 0.6 is 0 Å². The van der Waals surface area contributed by atoms with Crippen molar-refractivity contribution >= 4 is 10.9 Å². The molecular weight excluding hydrogens is 256 g/mol. The number of ether oxygens (including phenoxy) is 2. The number of methoxy groups -OCH3 is 2. The lowest BCUT2D eigenvalue weighted by Crippen LogP contribution is -2.01. The Hall–Kier alpha value is -2.76. The van der Waals surface area contributed by atoms with Crippen LogP contribution in [0.15, 0.2) is 36.5 Å². The molecule has 2 heterocycles. The molecule has 100 valence electrons. The summed E-state index contributed by atoms with van der Waals surface area (Å²) in [5.41, 5.74) is 1.73. The van der Waals surface area contributed by atoms with Crippen LogP contribution in [-0.2, 0) is 0 Å². The van der Waals surface area contributed by atoms with Crippen LogP contribution in [0.2, 0.25) is 0 Å². The second-order valence-electron chi connectivity index (χ2n) is 4.01. The van der Waals surface area contributed by atoms with E-state index < -0.39 is 0 Å². The third-order valence-corrected chi connectivity index (χ3v) is 2.85. The zero-order valence-electron chi connectivity index (χ0n) is 11.1. The first-order valence-corrected chi connectivity index (χ1v) is 6.00. The summed E-state index contributed by atoms with van der Waals surface area (Å²) in [5.74, 6) is 0.493. The minimum absolute atomic E-state index is 0.216. The van der Waals surface area contributed by atoms with E-state index in [9.17, 15) is 0 Å². The monoisotopic (exact) mass is 268 g/mol. The summed E-state index contributed by atoms with van der Waals surface area (Å²) >= 11 is 0. The molecule has 0 aliphatic heterocycles. The van der Waals surface area contributed by atoms with Crippen molar-refractivity contribution in [3.05, 3.63) is 36.5 Å². The second-order valence-corrected chi connectivity index (χ2v) is 4.01. The van der Waals surface area contributed by atoms with Gasteiger partial charge in [-0.15, -0.1) is 4.98 Å². The van der Waals surface area contributed by atoms with Crippen LogP contribution < -0.4 is 9.47 Å². The highest BCUT2D eigenvalue weighted by atomic mass is 16.5. The number of benzene rings is 1. The lowest BCUT2D eigenvalue weighted by Gasteiger charge is -2.07. The van der Waals surface area contributed by atoms with Gasteiger partial charge in [-0.25, -0.2) is 0 Å². The van der Waals surface area contributed by atoms with Gasteiger partial charge in [-0.05, 0) is 12.1 Å². The molecule has 3 rings (SSSR count). The van der Waals surface area contributed by atoms with Crippen LogP contribution in [0.5, 0.6) is 12.0 Å². The maximum atomic E-state index is 5.07. The van der Waals surface area contributed by atoms with Crippen molar-refractivity contribution in [3.63, 3.8) is 0 Å². The summed E-state index contributed by atoms with van der Waals surface area (Å²) in [7, 11) is 3.01. The fourth-order valence-electron chi connectivity index (χ4n) is 1.94. The average molecular weight is 268 g/mol. The molecule has 6 heteroatoms. The van der Waals surface area contributed by atoms with Gasteiger partial charge in [0, 0.05) is 17.1 Å². The Morgan fingerprint density at radius 1 is 0.850 bits per heavy atom. The Labute approximate surface area is 115 Å². The third kappa shape index (κ3) is 2.11. The molecule has 2 aromatic heterocycles. The van der Waals surface area contributed by atoms with E-state index in [4.69, 9.17) is 9.47 Å². The van der Waals surface area contributed by atoms with E-state index in [0.29, 0.717) is 5.82 Å². The van der Waals surface area contributed by atoms with Gasteiger partial charge in [0.25, 0.3) is 0 Å². The van der Waals surface area contributed by atoms with Gasteiger partial charge in [-0.2, -0.15) is 9.97 Å². The van der Waals surface area contributed by atoms with Gasteiger partial charge in [0.1, 0.15) is 0 Å². The Balaban J connectivity index is 2.25. The van der Waals surface area contributed by atoms with Gasteiger partial charge in [0.05, 0.1) is 19.7 Å². The van der Waals surface area contributed by atoms with Crippen molar-refractivity contribution in [1.29, 1.82) is 0 Å². The number of pyridine rings is 1. The molecule has 0 fully saturated rings. The first kappa shape index (κ1) is 12.3. The highest BCUT2D eigenvalue weighted by Crippen LogP contribution is 2.26. The van der Waals surface area contributed by atoms with E-state index >= 15 is 0 Å². The highest BCUT2D eigenvalue weighted by Gasteiger charge is 2.11. The molecule has 0 aliphatic rings. The van der Waals surface area contributed by atoms with E-state index in [0.717, 1.165) is 16.5 Å². The molecule has 6 nitrogen and oxygen atoms in total. The zero-order chi connectivity index (χ0) is 13.9. The predicted octanol–water partition coefficient (Wildman–Crippen LogP) is 2.10. The zero-order valence-corrected chi connectivity index (χ0v) is 11.1. The molecule has 0 atom stereocenters. The topological polar surface area (TPSA) is 70.0 Å². The standard InChI is InChI=1S/C14H12N4O2/c1-19-13-16-12(17-14(18-13)20-2)10-5-3-7-11-9(10)6-4-8-15-11/h3-8H,1-2H3. The number of hydrogen-bond donors (Lipinski definition) is 0. The van der Waals surface area contributed by atoms with E-state index in [2.05, 4.69) is 19.9 Å². The van der Waals surface area contributed by atoms with Crippen LogP contribution in [0.25, 0.3) is 22.3 Å². The van der Waals surface area contributed by atoms with Gasteiger partial charge in [0.2, 0.25) is 0 Å². The summed E-state index contributed by atoms with van der Waals surface area (Å²) in [6.07, 6.45) is 1.75. The molecule has 0 saturated heterocycles. The molecule has 20 heavy (non-hydrogen) atoms. The Bertz CT molecular complexity index is 734. The van der Waals surface area contributed by atoms with Crippen LogP contribution in [0.3, 0.4) is 0 Å². The molecule has 3 aromatic rings. The second kappa shape index (κ2) is 5.08. The van der Waals surface area contributed by atoms with E-state index in [1.165, 1.54) is 14.2 Å². The predicted molar refractivity (Wildman–Crippen MR) is 73.7 cm³/mol. The number of rotatable bonds is 3. The van der Waals surface area contributed by atoms with Crippen molar-refractivity contribution < 1.29 is 9.47 Å². The fourth-order valence-corrected chi connectivity index (χ4v) is 1.94. The van der Waals surface area contributed by atoms with Crippen molar-refractivity contribution in [2.24, 2.45) is 0 Å². The van der Waals surface area contributed by atoms with Crippen LogP contribution in [0, 0.1) is 0 Å². The molecule has 0 radical (unpaired) electrons. The largest absolute Gasteiger partial charge is 0.467 e. The normalized spacial score (nSPS) is 10.5. The fraction of sp³-hybridized carbons (Fsp3) is 0.143. The molecule has 1 aromatic carbocycles. The highest BCUT2D eigenvalue weighted by molar-refractivity contribution is 5.92. The number of aromatic nitrogens is 4. The van der Waals surface area contributed by atoms with E-state index in [1.807, 2.05) is 30.3 Å². The third-order valence-electron chi connectivity index (χ3n) is 2.85. The lowest BCUT2D eigenvalue weighted by molar-refractivity contribution is 0.341. The van der Waals surface area contributed by atoms with E-state index in [-0.39, 0.29) is 12.0 Å². The quantitative estimate of drug-likeness (QED) is 0.724. The number of hydrogen-bond acceptors (Lipinski definition) is 6. The minimum atomic E-state index is 0.216. The molecule has 0 saturated carbocycles. The SMILES string of the molecule is COc1nc(OC)nc(-c2cccc3ncccc23)n1. The van der Waals surface area contributed by atoms with Gasteiger partial charge < -0.3 is 9.47 Å². The van der Waals surface area contributed by atoms with Crippen molar-refractivity contribution in [3.8, 4) is 23.4 Å². The minimum Gasteiger partial charge on any atom is -0.467 e. The average Bonchev–Trinajstić information content (AvgIpc) is 2.53. The summed E-state index contributed by atoms with van der Waals surface area (Å²) in [6.45, 7) is 0. The Morgan fingerprint density at radius 2 is 1.60 bits per heavy atom. The van der Waals surface area contributed by atoms with Gasteiger partial charge in [0.15, 0.2) is 5.82 Å². The molecule has 0 spiro atoms. The van der Waals surface area contributed by atoms with Crippen LogP contribution in [-0.4, -0.2) is 34.2 Å². The summed E-state index contributed by atoms with van der Waals surface area (Å²) in [5, 5.41) is 0.963. The summed E-state index contributed by atoms with van der Waals surface area (Å²) < 4.78 is 10.1. The van der Waals surface area contributed by atoms with Crippen molar-refractivity contribution in [2.45, 2.75) is 0 Å². The van der Waals surface area contributed by atoms with Crippen LogP contribution in [0.1, 0.15) is 0 Å². The Kier molecular flexibility index (Phi) is 3.12. The summed E-state index contributed by atoms with van der Waals surface area (Å²) in [6, 6.07) is 10.1. The smallest absolute Gasteiger partial charge is 0.322 e. The van der Waals surface area contributed by atoms with Crippen LogP contribution in [0.4, 0.5) is 0 Å². The van der Waals surface area contributed by atoms with Gasteiger partial charge in [-0.3, -0.25) is 4.98 Å². The molecule has 0 aliphatic carbocycles. The first-order valence-electron chi connectivity index (χ1n) is 6.00. The van der Waals surface area contributed by atoms with Gasteiger partial charge in [-0.1, -0.05) is 18.2 Å². The molecule has 0 amide bonds. The van der Waals surface area contributed by atoms with Crippen molar-refractivity contribution in [1.82, 2.24) is 19.9 Å². The Morgan fingerprint density at radius 3 is 2.30 bits per heavy atom. The first-order chi connectivity index (χ1) is 9.81. The summed E-state index contributed by atoms with van der Waals surface area (Å²) in [4.78, 5) is 16.8.